The van der Waals surface area contributed by atoms with E-state index in [2.05, 4.69) is 4.74 Å². The van der Waals surface area contributed by atoms with Crippen molar-refractivity contribution in [3.05, 3.63) is 11.8 Å². The summed E-state index contributed by atoms with van der Waals surface area (Å²) in [6, 6.07) is 0. The first-order valence-electron chi connectivity index (χ1n) is 2.57. The number of carboxylic acid groups (broad SMARTS) is 1. The third-order valence-corrected chi connectivity index (χ3v) is 0.765. The summed E-state index contributed by atoms with van der Waals surface area (Å²) in [6.45, 7) is 1.25. The lowest BCUT2D eigenvalue weighted by molar-refractivity contribution is -0.136. The van der Waals surface area contributed by atoms with Gasteiger partial charge in [0.25, 0.3) is 0 Å². The number of methoxy groups -OCH3 is 1. The first-order valence-corrected chi connectivity index (χ1v) is 2.57. The van der Waals surface area contributed by atoms with Crippen molar-refractivity contribution in [3.63, 3.8) is 0 Å². The molecule has 0 saturated carbocycles. The lowest BCUT2D eigenvalue weighted by Crippen LogP contribution is -2.04. The standard InChI is InChI=1S/C6H8O4/c1-4(7)3-5(10-2)6(8)9/h3H,1-2H3,(H,8,9)/b5-3+. The van der Waals surface area contributed by atoms with Gasteiger partial charge in [-0.15, -0.1) is 0 Å². The van der Waals surface area contributed by atoms with Crippen molar-refractivity contribution < 1.29 is 19.4 Å². The van der Waals surface area contributed by atoms with Gasteiger partial charge in [0, 0.05) is 6.08 Å². The molecule has 0 aliphatic heterocycles. The average Bonchev–Trinajstić information content (AvgIpc) is 1.81. The number of carboxylic acids is 1. The summed E-state index contributed by atoms with van der Waals surface area (Å²) < 4.78 is 4.36. The summed E-state index contributed by atoms with van der Waals surface area (Å²) in [7, 11) is 1.20. The fraction of sp³-hybridized carbons (Fsp3) is 0.333. The molecule has 0 spiro atoms. The van der Waals surface area contributed by atoms with Crippen LogP contribution in [-0.2, 0) is 14.3 Å². The Labute approximate surface area is 58.1 Å². The number of carbonyl (C=O) groups is 2. The molecule has 0 aliphatic carbocycles. The Morgan fingerprint density at radius 1 is 1.50 bits per heavy atom. The molecule has 0 rings (SSSR count). The molecule has 1 N–H and O–H groups in total. The minimum atomic E-state index is -1.24. The largest absolute Gasteiger partial charge is 0.490 e. The van der Waals surface area contributed by atoms with Crippen LogP contribution in [0.15, 0.2) is 11.8 Å². The lowest BCUT2D eigenvalue weighted by atomic mass is 10.3. The van der Waals surface area contributed by atoms with Gasteiger partial charge in [0.05, 0.1) is 7.11 Å². The van der Waals surface area contributed by atoms with Crippen LogP contribution in [0.1, 0.15) is 6.92 Å². The van der Waals surface area contributed by atoms with E-state index in [0.29, 0.717) is 0 Å². The molecule has 4 heteroatoms. The second kappa shape index (κ2) is 3.66. The summed E-state index contributed by atoms with van der Waals surface area (Å²) in [5, 5.41) is 8.28. The maximum Gasteiger partial charge on any atom is 0.371 e. The molecule has 56 valence electrons. The molecule has 0 aliphatic rings. The van der Waals surface area contributed by atoms with Gasteiger partial charge in [0.2, 0.25) is 5.76 Å². The number of hydrogen-bond donors (Lipinski definition) is 1. The average molecular weight is 144 g/mol. The van der Waals surface area contributed by atoms with E-state index in [1.54, 1.807) is 0 Å². The monoisotopic (exact) mass is 144 g/mol. The Morgan fingerprint density at radius 3 is 2.10 bits per heavy atom. The van der Waals surface area contributed by atoms with Gasteiger partial charge in [0.1, 0.15) is 0 Å². The molecule has 0 aromatic rings. The van der Waals surface area contributed by atoms with E-state index >= 15 is 0 Å². The molecule has 10 heavy (non-hydrogen) atoms. The predicted octanol–water partition coefficient (Wildman–Crippen LogP) is 0.190. The Kier molecular flexibility index (Phi) is 3.17. The lowest BCUT2D eigenvalue weighted by Gasteiger charge is -1.96. The molecule has 0 fully saturated rings. The summed E-state index contributed by atoms with van der Waals surface area (Å²) in [4.78, 5) is 20.4. The third-order valence-electron chi connectivity index (χ3n) is 0.765. The molecule has 0 saturated heterocycles. The van der Waals surface area contributed by atoms with Crippen LogP contribution in [0.4, 0.5) is 0 Å². The number of ether oxygens (including phenoxy) is 1. The molecule has 4 nitrogen and oxygen atoms in total. The van der Waals surface area contributed by atoms with Crippen molar-refractivity contribution in [1.29, 1.82) is 0 Å². The first-order chi connectivity index (χ1) is 4.57. The number of aliphatic carboxylic acids is 1. The van der Waals surface area contributed by atoms with E-state index in [0.717, 1.165) is 6.08 Å². The second-order valence-electron chi connectivity index (χ2n) is 1.63. The highest BCUT2D eigenvalue weighted by atomic mass is 16.5. The van der Waals surface area contributed by atoms with Gasteiger partial charge >= 0.3 is 5.97 Å². The third kappa shape index (κ3) is 2.86. The van der Waals surface area contributed by atoms with Crippen LogP contribution in [-0.4, -0.2) is 24.0 Å². The zero-order chi connectivity index (χ0) is 8.15. The summed E-state index contributed by atoms with van der Waals surface area (Å²) in [6.07, 6.45) is 0.919. The van der Waals surface area contributed by atoms with Gasteiger partial charge in [0.15, 0.2) is 5.78 Å². The van der Waals surface area contributed by atoms with Crippen molar-refractivity contribution >= 4 is 11.8 Å². The molecule has 0 bridgehead atoms. The number of allylic oxidation sites excluding steroid dienone is 1. The Bertz CT molecular complexity index is 180. The minimum absolute atomic E-state index is 0.340. The Hall–Kier alpha value is -1.32. The van der Waals surface area contributed by atoms with Gasteiger partial charge in [-0.2, -0.15) is 0 Å². The van der Waals surface area contributed by atoms with Crippen molar-refractivity contribution in [3.8, 4) is 0 Å². The predicted molar refractivity (Wildman–Crippen MR) is 33.4 cm³/mol. The Morgan fingerprint density at radius 2 is 2.00 bits per heavy atom. The van der Waals surface area contributed by atoms with Crippen molar-refractivity contribution in [2.24, 2.45) is 0 Å². The van der Waals surface area contributed by atoms with Gasteiger partial charge < -0.3 is 9.84 Å². The summed E-state index contributed by atoms with van der Waals surface area (Å²) in [5.41, 5.74) is 0. The quantitative estimate of drug-likeness (QED) is 0.453. The van der Waals surface area contributed by atoms with E-state index in [9.17, 15) is 9.59 Å². The maximum absolute atomic E-state index is 10.3. The molecule has 0 atom stereocenters. The second-order valence-corrected chi connectivity index (χ2v) is 1.63. The zero-order valence-corrected chi connectivity index (χ0v) is 5.75. The van der Waals surface area contributed by atoms with Gasteiger partial charge in [-0.1, -0.05) is 0 Å². The SMILES string of the molecule is CO/C(=C/C(C)=O)C(=O)O. The highest BCUT2D eigenvalue weighted by Crippen LogP contribution is 1.94. The minimum Gasteiger partial charge on any atom is -0.490 e. The van der Waals surface area contributed by atoms with Gasteiger partial charge in [-0.25, -0.2) is 4.79 Å². The molecule has 0 heterocycles. The molecular weight excluding hydrogens is 136 g/mol. The highest BCUT2D eigenvalue weighted by Gasteiger charge is 2.06. The number of ketones is 1. The molecular formula is C6H8O4. The van der Waals surface area contributed by atoms with Gasteiger partial charge in [-0.3, -0.25) is 4.79 Å². The topological polar surface area (TPSA) is 63.6 Å². The van der Waals surface area contributed by atoms with Crippen LogP contribution in [0.2, 0.25) is 0 Å². The van der Waals surface area contributed by atoms with E-state index in [4.69, 9.17) is 5.11 Å². The number of rotatable bonds is 3. The van der Waals surface area contributed by atoms with E-state index in [1.165, 1.54) is 14.0 Å². The molecule has 0 aromatic carbocycles. The zero-order valence-electron chi connectivity index (χ0n) is 5.75. The van der Waals surface area contributed by atoms with Crippen LogP contribution < -0.4 is 0 Å². The molecule has 0 aromatic heterocycles. The molecule has 0 radical (unpaired) electrons. The fourth-order valence-electron chi connectivity index (χ4n) is 0.393. The van der Waals surface area contributed by atoms with Crippen LogP contribution >= 0.6 is 0 Å². The van der Waals surface area contributed by atoms with E-state index in [-0.39, 0.29) is 11.5 Å². The van der Waals surface area contributed by atoms with Crippen molar-refractivity contribution in [1.82, 2.24) is 0 Å². The van der Waals surface area contributed by atoms with Crippen LogP contribution in [0, 0.1) is 0 Å². The maximum atomic E-state index is 10.3. The van der Waals surface area contributed by atoms with Crippen molar-refractivity contribution in [2.45, 2.75) is 6.92 Å². The number of hydrogen-bond acceptors (Lipinski definition) is 3. The normalized spacial score (nSPS) is 10.8. The molecule has 0 unspecified atom stereocenters. The van der Waals surface area contributed by atoms with Gasteiger partial charge in [-0.05, 0) is 6.92 Å². The smallest absolute Gasteiger partial charge is 0.371 e. The van der Waals surface area contributed by atoms with E-state index < -0.39 is 5.97 Å². The van der Waals surface area contributed by atoms with Crippen LogP contribution in [0.25, 0.3) is 0 Å². The first kappa shape index (κ1) is 8.68. The number of carbonyl (C=O) groups excluding carboxylic acids is 1. The Balaban J connectivity index is 4.34. The summed E-state index contributed by atoms with van der Waals surface area (Å²) in [5.74, 6) is -1.93. The van der Waals surface area contributed by atoms with Crippen LogP contribution in [0.5, 0.6) is 0 Å². The van der Waals surface area contributed by atoms with Crippen LogP contribution in [0.3, 0.4) is 0 Å². The molecule has 0 amide bonds. The van der Waals surface area contributed by atoms with Crippen molar-refractivity contribution in [2.75, 3.05) is 7.11 Å². The highest BCUT2D eigenvalue weighted by molar-refractivity contribution is 5.96. The fourth-order valence-corrected chi connectivity index (χ4v) is 0.393. The van der Waals surface area contributed by atoms with E-state index in [1.807, 2.05) is 0 Å². The summed E-state index contributed by atoms with van der Waals surface area (Å²) >= 11 is 0.